The standard InChI is InChI=1S/C16H19N3O2/c1-11-12-6-3-4-7-13(12)18-15(17-11)10-19-9-5-8-14(19)16(20)21-2/h3-4,6-7,14H,5,8-10H2,1-2H3. The Kier molecular flexibility index (Phi) is 3.84. The van der Waals surface area contributed by atoms with Gasteiger partial charge in [-0.05, 0) is 32.4 Å². The quantitative estimate of drug-likeness (QED) is 0.808. The number of fused-ring (bicyclic) bond motifs is 1. The molecule has 0 saturated carbocycles. The normalized spacial score (nSPS) is 19.0. The van der Waals surface area contributed by atoms with Gasteiger partial charge in [0, 0.05) is 11.1 Å². The molecule has 5 heteroatoms. The summed E-state index contributed by atoms with van der Waals surface area (Å²) >= 11 is 0. The van der Waals surface area contributed by atoms with Crippen molar-refractivity contribution in [3.8, 4) is 0 Å². The van der Waals surface area contributed by atoms with E-state index in [1.807, 2.05) is 31.2 Å². The maximum Gasteiger partial charge on any atom is 0.323 e. The van der Waals surface area contributed by atoms with Gasteiger partial charge in [0.15, 0.2) is 0 Å². The fourth-order valence-electron chi connectivity index (χ4n) is 2.97. The van der Waals surface area contributed by atoms with Gasteiger partial charge in [-0.1, -0.05) is 18.2 Å². The zero-order chi connectivity index (χ0) is 14.8. The summed E-state index contributed by atoms with van der Waals surface area (Å²) in [6.45, 7) is 3.47. The molecule has 3 rings (SSSR count). The first kappa shape index (κ1) is 13.9. The van der Waals surface area contributed by atoms with Gasteiger partial charge in [-0.15, -0.1) is 0 Å². The molecule has 1 aliphatic heterocycles. The summed E-state index contributed by atoms with van der Waals surface area (Å²) in [6, 6.07) is 7.83. The van der Waals surface area contributed by atoms with Crippen LogP contribution in [-0.2, 0) is 16.1 Å². The number of aromatic nitrogens is 2. The fourth-order valence-corrected chi connectivity index (χ4v) is 2.97. The Balaban J connectivity index is 1.86. The van der Waals surface area contributed by atoms with Crippen LogP contribution in [-0.4, -0.2) is 40.5 Å². The summed E-state index contributed by atoms with van der Waals surface area (Å²) in [5.74, 6) is 0.604. The Morgan fingerprint density at radius 3 is 3.00 bits per heavy atom. The predicted molar refractivity (Wildman–Crippen MR) is 79.7 cm³/mol. The molecule has 2 heterocycles. The van der Waals surface area contributed by atoms with Gasteiger partial charge in [0.05, 0.1) is 19.2 Å². The fraction of sp³-hybridized carbons (Fsp3) is 0.438. The second-order valence-corrected chi connectivity index (χ2v) is 5.39. The van der Waals surface area contributed by atoms with Crippen molar-refractivity contribution in [2.45, 2.75) is 32.4 Å². The van der Waals surface area contributed by atoms with E-state index in [-0.39, 0.29) is 12.0 Å². The first-order chi connectivity index (χ1) is 10.2. The van der Waals surface area contributed by atoms with E-state index in [0.29, 0.717) is 6.54 Å². The van der Waals surface area contributed by atoms with Gasteiger partial charge < -0.3 is 4.74 Å². The van der Waals surface area contributed by atoms with E-state index < -0.39 is 0 Å². The van der Waals surface area contributed by atoms with Crippen molar-refractivity contribution in [3.05, 3.63) is 35.8 Å². The zero-order valence-corrected chi connectivity index (χ0v) is 12.4. The molecule has 2 aromatic rings. The van der Waals surface area contributed by atoms with Crippen LogP contribution in [0.4, 0.5) is 0 Å². The van der Waals surface area contributed by atoms with E-state index in [4.69, 9.17) is 4.74 Å². The highest BCUT2D eigenvalue weighted by Gasteiger charge is 2.31. The van der Waals surface area contributed by atoms with Gasteiger partial charge in [0.1, 0.15) is 11.9 Å². The van der Waals surface area contributed by atoms with E-state index >= 15 is 0 Å². The van der Waals surface area contributed by atoms with Gasteiger partial charge in [0.25, 0.3) is 0 Å². The van der Waals surface area contributed by atoms with Crippen LogP contribution in [0.1, 0.15) is 24.4 Å². The molecular weight excluding hydrogens is 266 g/mol. The molecule has 0 bridgehead atoms. The lowest BCUT2D eigenvalue weighted by Gasteiger charge is -2.21. The maximum absolute atomic E-state index is 11.8. The molecular formula is C16H19N3O2. The van der Waals surface area contributed by atoms with Gasteiger partial charge in [-0.2, -0.15) is 0 Å². The molecule has 0 aliphatic carbocycles. The molecule has 1 aromatic carbocycles. The molecule has 1 aromatic heterocycles. The minimum absolute atomic E-state index is 0.162. The minimum Gasteiger partial charge on any atom is -0.468 e. The molecule has 0 spiro atoms. The average Bonchev–Trinajstić information content (AvgIpc) is 2.94. The highest BCUT2D eigenvalue weighted by atomic mass is 16.5. The maximum atomic E-state index is 11.8. The third kappa shape index (κ3) is 2.74. The lowest BCUT2D eigenvalue weighted by molar-refractivity contribution is -0.146. The second kappa shape index (κ2) is 5.77. The third-order valence-corrected chi connectivity index (χ3v) is 4.02. The number of methoxy groups -OCH3 is 1. The number of esters is 1. The summed E-state index contributed by atoms with van der Waals surface area (Å²) in [4.78, 5) is 23.1. The molecule has 1 saturated heterocycles. The molecule has 1 unspecified atom stereocenters. The molecule has 1 fully saturated rings. The van der Waals surface area contributed by atoms with Crippen molar-refractivity contribution in [1.82, 2.24) is 14.9 Å². The zero-order valence-electron chi connectivity index (χ0n) is 12.4. The van der Waals surface area contributed by atoms with E-state index in [9.17, 15) is 4.79 Å². The van der Waals surface area contributed by atoms with Crippen molar-refractivity contribution >= 4 is 16.9 Å². The third-order valence-electron chi connectivity index (χ3n) is 4.02. The lowest BCUT2D eigenvalue weighted by atomic mass is 10.2. The number of rotatable bonds is 3. The number of carbonyl (C=O) groups excluding carboxylic acids is 1. The molecule has 0 amide bonds. The highest BCUT2D eigenvalue weighted by molar-refractivity contribution is 5.80. The summed E-state index contributed by atoms with van der Waals surface area (Å²) in [5, 5.41) is 1.08. The Labute approximate surface area is 124 Å². The van der Waals surface area contributed by atoms with Crippen LogP contribution >= 0.6 is 0 Å². The number of nitrogens with zero attached hydrogens (tertiary/aromatic N) is 3. The van der Waals surface area contributed by atoms with E-state index in [1.165, 1.54) is 7.11 Å². The topological polar surface area (TPSA) is 55.3 Å². The monoisotopic (exact) mass is 285 g/mol. The highest BCUT2D eigenvalue weighted by Crippen LogP contribution is 2.21. The van der Waals surface area contributed by atoms with Crippen molar-refractivity contribution in [2.24, 2.45) is 0 Å². The summed E-state index contributed by atoms with van der Waals surface area (Å²) in [7, 11) is 1.44. The van der Waals surface area contributed by atoms with Crippen LogP contribution < -0.4 is 0 Å². The van der Waals surface area contributed by atoms with Crippen LogP contribution in [0.5, 0.6) is 0 Å². The van der Waals surface area contributed by atoms with Gasteiger partial charge in [-0.3, -0.25) is 9.69 Å². The number of hydrogen-bond acceptors (Lipinski definition) is 5. The van der Waals surface area contributed by atoms with Crippen LogP contribution in [0.15, 0.2) is 24.3 Å². The average molecular weight is 285 g/mol. The molecule has 1 aliphatic rings. The van der Waals surface area contributed by atoms with E-state index in [0.717, 1.165) is 41.8 Å². The van der Waals surface area contributed by atoms with Crippen LogP contribution in [0.25, 0.3) is 10.9 Å². The molecule has 1 atom stereocenters. The molecule has 0 N–H and O–H groups in total. The first-order valence-electron chi connectivity index (χ1n) is 7.23. The molecule has 110 valence electrons. The Morgan fingerprint density at radius 2 is 2.19 bits per heavy atom. The van der Waals surface area contributed by atoms with Gasteiger partial charge >= 0.3 is 5.97 Å². The predicted octanol–water partition coefficient (Wildman–Crippen LogP) is 2.08. The Hall–Kier alpha value is -2.01. The van der Waals surface area contributed by atoms with Crippen molar-refractivity contribution in [2.75, 3.05) is 13.7 Å². The number of likely N-dealkylation sites (tertiary alicyclic amines) is 1. The van der Waals surface area contributed by atoms with Crippen molar-refractivity contribution in [3.63, 3.8) is 0 Å². The summed E-state index contributed by atoms with van der Waals surface area (Å²) in [5.41, 5.74) is 1.93. The largest absolute Gasteiger partial charge is 0.468 e. The number of aryl methyl sites for hydroxylation is 1. The van der Waals surface area contributed by atoms with Crippen LogP contribution in [0.2, 0.25) is 0 Å². The summed E-state index contributed by atoms with van der Waals surface area (Å²) in [6.07, 6.45) is 1.85. The van der Waals surface area contributed by atoms with Crippen LogP contribution in [0, 0.1) is 6.92 Å². The molecule has 0 radical (unpaired) electrons. The number of benzene rings is 1. The van der Waals surface area contributed by atoms with E-state index in [1.54, 1.807) is 0 Å². The van der Waals surface area contributed by atoms with E-state index in [2.05, 4.69) is 14.9 Å². The van der Waals surface area contributed by atoms with Gasteiger partial charge in [-0.25, -0.2) is 9.97 Å². The number of hydrogen-bond donors (Lipinski definition) is 0. The van der Waals surface area contributed by atoms with Crippen molar-refractivity contribution < 1.29 is 9.53 Å². The number of para-hydroxylation sites is 1. The minimum atomic E-state index is -0.162. The lowest BCUT2D eigenvalue weighted by Crippen LogP contribution is -2.36. The number of ether oxygens (including phenoxy) is 1. The van der Waals surface area contributed by atoms with Crippen molar-refractivity contribution in [1.29, 1.82) is 0 Å². The summed E-state index contributed by atoms with van der Waals surface area (Å²) < 4.78 is 4.87. The van der Waals surface area contributed by atoms with Gasteiger partial charge in [0.2, 0.25) is 0 Å². The molecule has 21 heavy (non-hydrogen) atoms. The Bertz CT molecular complexity index is 672. The number of carbonyl (C=O) groups is 1. The smallest absolute Gasteiger partial charge is 0.323 e. The first-order valence-corrected chi connectivity index (χ1v) is 7.23. The SMILES string of the molecule is COC(=O)C1CCCN1Cc1nc(C)c2ccccc2n1. The second-order valence-electron chi connectivity index (χ2n) is 5.39. The van der Waals surface area contributed by atoms with Crippen LogP contribution in [0.3, 0.4) is 0 Å². The Morgan fingerprint density at radius 1 is 1.38 bits per heavy atom. The molecule has 5 nitrogen and oxygen atoms in total.